The van der Waals surface area contributed by atoms with Crippen molar-refractivity contribution < 1.29 is 59.7 Å². The summed E-state index contributed by atoms with van der Waals surface area (Å²) in [6.45, 7) is 2.72. The van der Waals surface area contributed by atoms with Crippen molar-refractivity contribution in [2.24, 2.45) is 0 Å². The summed E-state index contributed by atoms with van der Waals surface area (Å²) < 4.78 is 109. The first kappa shape index (κ1) is 45.3. The van der Waals surface area contributed by atoms with E-state index < -0.39 is 46.5 Å². The second-order valence-electron chi connectivity index (χ2n) is 13.2. The summed E-state index contributed by atoms with van der Waals surface area (Å²) >= 11 is 6.66. The van der Waals surface area contributed by atoms with E-state index in [2.05, 4.69) is 31.9 Å². The predicted octanol–water partition coefficient (Wildman–Crippen LogP) is 12.6. The summed E-state index contributed by atoms with van der Waals surface area (Å²) in [4.78, 5) is 34.9. The first-order valence-corrected chi connectivity index (χ1v) is 19.3. The zero-order chi connectivity index (χ0) is 43.9. The van der Waals surface area contributed by atoms with E-state index in [1.807, 2.05) is 0 Å². The number of carbonyl (C=O) groups excluding carboxylic acids is 2. The molecule has 0 amide bonds. The predicted molar refractivity (Wildman–Crippen MR) is 215 cm³/mol. The molecule has 6 rings (SSSR count). The third kappa shape index (κ3) is 11.7. The Hall–Kier alpha value is -5.74. The molecule has 6 aromatic rings. The number of aromatic nitrogens is 1. The number of carboxylic acid groups (broad SMARTS) is 1. The number of Topliss-reactive ketones (excluding diaryl/α,β-unsaturated/α-hetero) is 2. The second kappa shape index (κ2) is 19.5. The Balaban J connectivity index is 0.000000247. The molecule has 60 heavy (non-hydrogen) atoms. The number of ether oxygens (including phenoxy) is 2. The van der Waals surface area contributed by atoms with Gasteiger partial charge in [-0.2, -0.15) is 13.2 Å². The summed E-state index contributed by atoms with van der Waals surface area (Å²) in [6.07, 6.45) is -4.53. The summed E-state index contributed by atoms with van der Waals surface area (Å²) in [6, 6.07) is 22.1. The van der Waals surface area contributed by atoms with Crippen LogP contribution in [-0.4, -0.2) is 27.2 Å². The number of aromatic carboxylic acids is 1. The molecule has 0 spiro atoms. The van der Waals surface area contributed by atoms with Gasteiger partial charge in [-0.25, -0.2) is 22.4 Å². The number of rotatable bonds is 13. The van der Waals surface area contributed by atoms with Gasteiger partial charge in [-0.15, -0.1) is 0 Å². The molecule has 0 aliphatic heterocycles. The number of alkyl halides is 3. The minimum atomic E-state index is -4.76. The van der Waals surface area contributed by atoms with Crippen molar-refractivity contribution in [3.05, 3.63) is 169 Å². The first-order valence-electron chi connectivity index (χ1n) is 17.7. The molecule has 0 aliphatic carbocycles. The number of benzene rings is 5. The topological polar surface area (TPSA) is 94.8 Å². The van der Waals surface area contributed by atoms with E-state index in [0.717, 1.165) is 36.4 Å². The third-order valence-electron chi connectivity index (χ3n) is 8.79. The van der Waals surface area contributed by atoms with Gasteiger partial charge in [-0.1, -0.05) is 31.9 Å². The normalized spacial score (nSPS) is 11.1. The fourth-order valence-corrected chi connectivity index (χ4v) is 6.53. The van der Waals surface area contributed by atoms with Gasteiger partial charge in [0, 0.05) is 62.0 Å². The number of hydrogen-bond donors (Lipinski definition) is 1. The lowest BCUT2D eigenvalue weighted by Crippen LogP contribution is -2.10. The Labute approximate surface area is 355 Å². The molecule has 0 radical (unpaired) electrons. The van der Waals surface area contributed by atoms with Gasteiger partial charge in [-0.3, -0.25) is 4.79 Å². The fourth-order valence-electron chi connectivity index (χ4n) is 5.81. The highest BCUT2D eigenvalue weighted by Crippen LogP contribution is 2.38. The molecule has 0 bridgehead atoms. The second-order valence-corrected chi connectivity index (χ2v) is 15.1. The zero-order valence-electron chi connectivity index (χ0n) is 31.5. The average molecular weight is 964 g/mol. The molecule has 0 aliphatic rings. The van der Waals surface area contributed by atoms with Crippen LogP contribution >= 0.6 is 31.9 Å². The van der Waals surface area contributed by atoms with Crippen molar-refractivity contribution in [1.29, 1.82) is 0 Å². The van der Waals surface area contributed by atoms with Gasteiger partial charge >= 0.3 is 12.1 Å². The van der Waals surface area contributed by atoms with E-state index in [4.69, 9.17) is 9.47 Å². The molecule has 0 saturated carbocycles. The number of halogens is 9. The van der Waals surface area contributed by atoms with Crippen LogP contribution in [0.3, 0.4) is 0 Å². The molecular weight excluding hydrogens is 931 g/mol. The smallest absolute Gasteiger partial charge is 0.416 e. The van der Waals surface area contributed by atoms with Crippen molar-refractivity contribution in [1.82, 2.24) is 4.57 Å². The monoisotopic (exact) mass is 961 g/mol. The molecular formula is C44H32Br2F7NO6. The largest absolute Gasteiger partial charge is 0.488 e. The van der Waals surface area contributed by atoms with E-state index in [9.17, 15) is 50.2 Å². The highest BCUT2D eigenvalue weighted by Gasteiger charge is 2.32. The van der Waals surface area contributed by atoms with E-state index in [1.165, 1.54) is 23.6 Å². The Morgan fingerprint density at radius 2 is 1.25 bits per heavy atom. The maximum atomic E-state index is 14.1. The number of carboxylic acids is 1. The van der Waals surface area contributed by atoms with Crippen molar-refractivity contribution in [2.45, 2.75) is 46.1 Å². The van der Waals surface area contributed by atoms with Gasteiger partial charge in [0.2, 0.25) is 0 Å². The van der Waals surface area contributed by atoms with Gasteiger partial charge in [-0.05, 0) is 105 Å². The van der Waals surface area contributed by atoms with Crippen molar-refractivity contribution >= 4 is 49.4 Å². The summed E-state index contributed by atoms with van der Waals surface area (Å²) in [5.74, 6) is -4.12. The van der Waals surface area contributed by atoms with E-state index >= 15 is 0 Å². The Bertz CT molecular complexity index is 2570. The molecule has 16 heteroatoms. The zero-order valence-corrected chi connectivity index (χ0v) is 34.7. The summed E-state index contributed by atoms with van der Waals surface area (Å²) in [5.41, 5.74) is 0.389. The van der Waals surface area contributed by atoms with Gasteiger partial charge < -0.3 is 23.9 Å². The lowest BCUT2D eigenvalue weighted by molar-refractivity contribution is -0.137. The summed E-state index contributed by atoms with van der Waals surface area (Å²) in [7, 11) is 0. The minimum Gasteiger partial charge on any atom is -0.488 e. The Morgan fingerprint density at radius 1 is 0.683 bits per heavy atom. The van der Waals surface area contributed by atoms with Crippen LogP contribution in [0.5, 0.6) is 11.5 Å². The van der Waals surface area contributed by atoms with Gasteiger partial charge in [0.05, 0.1) is 22.4 Å². The quantitative estimate of drug-likeness (QED) is 0.0915. The van der Waals surface area contributed by atoms with Gasteiger partial charge in [0.1, 0.15) is 53.8 Å². The van der Waals surface area contributed by atoms with E-state index in [1.54, 1.807) is 55.5 Å². The lowest BCUT2D eigenvalue weighted by atomic mass is 10.0. The van der Waals surface area contributed by atoms with Crippen LogP contribution in [0.25, 0.3) is 16.9 Å². The van der Waals surface area contributed by atoms with Crippen LogP contribution in [0.15, 0.2) is 112 Å². The lowest BCUT2D eigenvalue weighted by Gasteiger charge is -2.18. The van der Waals surface area contributed by atoms with Crippen molar-refractivity contribution in [3.63, 3.8) is 0 Å². The van der Waals surface area contributed by atoms with Gasteiger partial charge in [0.15, 0.2) is 5.78 Å². The summed E-state index contributed by atoms with van der Waals surface area (Å²) in [5, 5.41) is 9.39. The number of nitrogens with zero attached hydrogens (tertiary/aromatic N) is 1. The van der Waals surface area contributed by atoms with Crippen LogP contribution in [0.2, 0.25) is 0 Å². The van der Waals surface area contributed by atoms with Crippen LogP contribution in [0.4, 0.5) is 30.7 Å². The maximum absolute atomic E-state index is 14.1. The molecule has 0 atom stereocenters. The third-order valence-corrected chi connectivity index (χ3v) is 9.77. The first-order chi connectivity index (χ1) is 28.3. The highest BCUT2D eigenvalue weighted by molar-refractivity contribution is 9.10. The van der Waals surface area contributed by atoms with Gasteiger partial charge in [0.25, 0.3) is 0 Å². The number of hydrogen-bond acceptors (Lipinski definition) is 5. The van der Waals surface area contributed by atoms with Crippen molar-refractivity contribution in [3.8, 4) is 28.4 Å². The number of carbonyl (C=O) groups is 3. The molecule has 1 N–H and O–H groups in total. The SMILES string of the molecule is CC(=O)CCC(=O)c1cc(Br)ccc1OCc1ccc(F)cc1F.Cc1ccc(-c2cc(Br)ccc2OCc2ccc(F)cc2F)n1-c1cc(C(=O)O)cc(C(F)(F)F)c1. The Kier molecular flexibility index (Phi) is 14.8. The molecule has 0 unspecified atom stereocenters. The molecule has 0 saturated heterocycles. The van der Waals surface area contributed by atoms with E-state index in [0.29, 0.717) is 37.5 Å². The van der Waals surface area contributed by atoms with E-state index in [-0.39, 0.29) is 65.9 Å². The van der Waals surface area contributed by atoms with Crippen LogP contribution in [0.1, 0.15) is 62.9 Å². The maximum Gasteiger partial charge on any atom is 0.416 e. The van der Waals surface area contributed by atoms with Crippen molar-refractivity contribution in [2.75, 3.05) is 0 Å². The Morgan fingerprint density at radius 3 is 1.80 bits per heavy atom. The number of ketones is 2. The van der Waals surface area contributed by atoms with Crippen LogP contribution in [-0.2, 0) is 24.2 Å². The minimum absolute atomic E-state index is 0.00442. The number of aryl methyl sites for hydroxylation is 1. The van der Waals surface area contributed by atoms with Crippen LogP contribution in [0, 0.1) is 30.2 Å². The van der Waals surface area contributed by atoms with Crippen LogP contribution < -0.4 is 9.47 Å². The molecule has 0 fully saturated rings. The fraction of sp³-hybridized carbons (Fsp3) is 0.159. The standard InChI is InChI=1S/C26H17BrF5NO3.C18H15BrF2O3/c1-14-2-6-23(33(14)20-9-16(25(34)35)8-17(10-20)26(30,31)32)21-11-18(27)4-7-24(21)36-13-15-3-5-19(28)12-22(15)29;1-11(22)2-6-17(23)15-8-13(19)4-7-18(15)24-10-12-3-5-14(20)9-16(12)21/h2-12H,13H2,1H3,(H,34,35);3-5,7-9H,2,6,10H2,1H3. The molecule has 312 valence electrons. The molecule has 5 aromatic carbocycles. The molecule has 7 nitrogen and oxygen atoms in total. The highest BCUT2D eigenvalue weighted by atomic mass is 79.9. The molecule has 1 heterocycles. The molecule has 1 aromatic heterocycles. The average Bonchev–Trinajstić information content (AvgIpc) is 3.57.